The molecule has 0 saturated carbocycles. The number of methoxy groups -OCH3 is 2. The van der Waals surface area contributed by atoms with Crippen LogP contribution >= 0.6 is 0 Å². The van der Waals surface area contributed by atoms with Gasteiger partial charge in [-0.1, -0.05) is 12.1 Å². The molecule has 2 aromatic carbocycles. The number of benzene rings is 2. The van der Waals surface area contributed by atoms with Gasteiger partial charge in [0.15, 0.2) is 0 Å². The molecule has 0 fully saturated rings. The molecule has 0 saturated heterocycles. The van der Waals surface area contributed by atoms with Crippen molar-refractivity contribution in [3.8, 4) is 17.2 Å². The topological polar surface area (TPSA) is 51.2 Å². The number of rotatable bonds is 10. The van der Waals surface area contributed by atoms with Gasteiger partial charge in [-0.25, -0.2) is 0 Å². The molecule has 1 atom stereocenters. The van der Waals surface area contributed by atoms with Crippen molar-refractivity contribution in [2.75, 3.05) is 27.4 Å². The van der Waals surface area contributed by atoms with Gasteiger partial charge in [-0.15, -0.1) is 0 Å². The SMILES string of the molecule is COc1ccc(OC[C@@H](O)CN(Cc2cccc(OC)c2)C(C)C)cc1. The molecule has 0 aromatic heterocycles. The zero-order valence-electron chi connectivity index (χ0n) is 16.0. The summed E-state index contributed by atoms with van der Waals surface area (Å²) in [7, 11) is 3.29. The van der Waals surface area contributed by atoms with E-state index in [1.165, 1.54) is 0 Å². The third-order valence-electron chi connectivity index (χ3n) is 4.20. The second-order valence-electron chi connectivity index (χ2n) is 6.52. The molecule has 0 aliphatic rings. The van der Waals surface area contributed by atoms with Gasteiger partial charge in [0.2, 0.25) is 0 Å². The smallest absolute Gasteiger partial charge is 0.119 e. The number of ether oxygens (including phenoxy) is 3. The quantitative estimate of drug-likeness (QED) is 0.705. The standard InChI is InChI=1S/C21H29NO4/c1-16(2)22(13-17-6-5-7-21(12-17)25-4)14-18(23)15-26-20-10-8-19(24-3)9-11-20/h5-12,16,18,23H,13-15H2,1-4H3/t18-/m0/s1. The summed E-state index contributed by atoms with van der Waals surface area (Å²) in [6, 6.07) is 15.7. The molecule has 2 aromatic rings. The molecule has 5 heteroatoms. The van der Waals surface area contributed by atoms with E-state index < -0.39 is 6.10 Å². The number of hydrogen-bond acceptors (Lipinski definition) is 5. The van der Waals surface area contributed by atoms with E-state index in [9.17, 15) is 5.11 Å². The van der Waals surface area contributed by atoms with Crippen molar-refractivity contribution in [2.24, 2.45) is 0 Å². The van der Waals surface area contributed by atoms with Crippen molar-refractivity contribution in [3.05, 3.63) is 54.1 Å². The normalized spacial score (nSPS) is 12.3. The van der Waals surface area contributed by atoms with Crippen LogP contribution in [0.1, 0.15) is 19.4 Å². The zero-order chi connectivity index (χ0) is 18.9. The highest BCUT2D eigenvalue weighted by Gasteiger charge is 2.16. The fraction of sp³-hybridized carbons (Fsp3) is 0.429. The molecule has 142 valence electrons. The van der Waals surface area contributed by atoms with Crippen LogP contribution in [0.25, 0.3) is 0 Å². The Morgan fingerprint density at radius 1 is 0.923 bits per heavy atom. The van der Waals surface area contributed by atoms with Crippen LogP contribution in [0, 0.1) is 0 Å². The van der Waals surface area contributed by atoms with Crippen LogP contribution in [0.4, 0.5) is 0 Å². The maximum Gasteiger partial charge on any atom is 0.119 e. The predicted molar refractivity (Wildman–Crippen MR) is 103 cm³/mol. The van der Waals surface area contributed by atoms with Crippen LogP contribution in [0.3, 0.4) is 0 Å². The number of hydrogen-bond donors (Lipinski definition) is 1. The minimum atomic E-state index is -0.579. The zero-order valence-corrected chi connectivity index (χ0v) is 16.0. The molecule has 0 aliphatic carbocycles. The van der Waals surface area contributed by atoms with Gasteiger partial charge in [0.05, 0.1) is 14.2 Å². The second kappa shape index (κ2) is 10.0. The first-order valence-electron chi connectivity index (χ1n) is 8.83. The third kappa shape index (κ3) is 6.24. The highest BCUT2D eigenvalue weighted by Crippen LogP contribution is 2.18. The summed E-state index contributed by atoms with van der Waals surface area (Å²) in [5, 5.41) is 10.4. The second-order valence-corrected chi connectivity index (χ2v) is 6.52. The predicted octanol–water partition coefficient (Wildman–Crippen LogP) is 3.35. The fourth-order valence-corrected chi connectivity index (χ4v) is 2.65. The summed E-state index contributed by atoms with van der Waals surface area (Å²) < 4.78 is 16.1. The van der Waals surface area contributed by atoms with Crippen LogP contribution in [0.15, 0.2) is 48.5 Å². The van der Waals surface area contributed by atoms with Gasteiger partial charge in [-0.3, -0.25) is 4.90 Å². The molecule has 1 N–H and O–H groups in total. The molecule has 0 heterocycles. The monoisotopic (exact) mass is 359 g/mol. The lowest BCUT2D eigenvalue weighted by molar-refractivity contribution is 0.0543. The third-order valence-corrected chi connectivity index (χ3v) is 4.20. The molecule has 0 spiro atoms. The molecule has 0 amide bonds. The van der Waals surface area contributed by atoms with E-state index in [2.05, 4.69) is 24.8 Å². The molecule has 5 nitrogen and oxygen atoms in total. The Morgan fingerprint density at radius 3 is 2.19 bits per heavy atom. The summed E-state index contributed by atoms with van der Waals surface area (Å²) >= 11 is 0. The van der Waals surface area contributed by atoms with Crippen molar-refractivity contribution in [2.45, 2.75) is 32.5 Å². The molecule has 0 aliphatic heterocycles. The van der Waals surface area contributed by atoms with E-state index in [1.54, 1.807) is 14.2 Å². The van der Waals surface area contributed by atoms with Crippen LogP contribution in [-0.4, -0.2) is 49.5 Å². The highest BCUT2D eigenvalue weighted by molar-refractivity contribution is 5.31. The fourth-order valence-electron chi connectivity index (χ4n) is 2.65. The van der Waals surface area contributed by atoms with Gasteiger partial charge in [0, 0.05) is 19.1 Å². The molecule has 0 bridgehead atoms. The van der Waals surface area contributed by atoms with Gasteiger partial charge in [-0.2, -0.15) is 0 Å². The van der Waals surface area contributed by atoms with E-state index in [4.69, 9.17) is 14.2 Å². The first kappa shape index (κ1) is 20.1. The summed E-state index contributed by atoms with van der Waals surface area (Å²) in [5.41, 5.74) is 1.15. The Balaban J connectivity index is 1.89. The minimum Gasteiger partial charge on any atom is -0.497 e. The van der Waals surface area contributed by atoms with Gasteiger partial charge in [0.25, 0.3) is 0 Å². The summed E-state index contributed by atoms with van der Waals surface area (Å²) in [4.78, 5) is 2.22. The molecule has 26 heavy (non-hydrogen) atoms. The van der Waals surface area contributed by atoms with Gasteiger partial charge in [0.1, 0.15) is 30.0 Å². The van der Waals surface area contributed by atoms with E-state index in [0.717, 1.165) is 23.6 Å². The lowest BCUT2D eigenvalue weighted by Crippen LogP contribution is -2.39. The van der Waals surface area contributed by atoms with Crippen LogP contribution < -0.4 is 14.2 Å². The van der Waals surface area contributed by atoms with Crippen molar-refractivity contribution in [1.29, 1.82) is 0 Å². The molecule has 0 unspecified atom stereocenters. The lowest BCUT2D eigenvalue weighted by Gasteiger charge is -2.29. The van der Waals surface area contributed by atoms with E-state index in [0.29, 0.717) is 18.3 Å². The maximum absolute atomic E-state index is 10.4. The van der Waals surface area contributed by atoms with Crippen molar-refractivity contribution < 1.29 is 19.3 Å². The Kier molecular flexibility index (Phi) is 7.75. The Morgan fingerprint density at radius 2 is 1.58 bits per heavy atom. The van der Waals surface area contributed by atoms with Gasteiger partial charge in [-0.05, 0) is 55.8 Å². The highest BCUT2D eigenvalue weighted by atomic mass is 16.5. The summed E-state index contributed by atoms with van der Waals surface area (Å²) in [5.74, 6) is 2.34. The summed E-state index contributed by atoms with van der Waals surface area (Å²) in [6.45, 7) is 5.77. The number of aliphatic hydroxyl groups is 1. The molecular weight excluding hydrogens is 330 g/mol. The number of nitrogens with zero attached hydrogens (tertiary/aromatic N) is 1. The summed E-state index contributed by atoms with van der Waals surface area (Å²) in [6.07, 6.45) is -0.579. The lowest BCUT2D eigenvalue weighted by atomic mass is 10.1. The van der Waals surface area contributed by atoms with E-state index in [1.807, 2.05) is 42.5 Å². The van der Waals surface area contributed by atoms with Crippen molar-refractivity contribution >= 4 is 0 Å². The molecule has 0 radical (unpaired) electrons. The van der Waals surface area contributed by atoms with Crippen LogP contribution in [0.2, 0.25) is 0 Å². The van der Waals surface area contributed by atoms with Gasteiger partial charge >= 0.3 is 0 Å². The van der Waals surface area contributed by atoms with Crippen molar-refractivity contribution in [1.82, 2.24) is 4.90 Å². The molecular formula is C21H29NO4. The Hall–Kier alpha value is -2.24. The number of aliphatic hydroxyl groups excluding tert-OH is 1. The maximum atomic E-state index is 10.4. The average Bonchev–Trinajstić information content (AvgIpc) is 2.66. The van der Waals surface area contributed by atoms with E-state index in [-0.39, 0.29) is 6.61 Å². The largest absolute Gasteiger partial charge is 0.497 e. The average molecular weight is 359 g/mol. The first-order chi connectivity index (χ1) is 12.5. The first-order valence-corrected chi connectivity index (χ1v) is 8.83. The van der Waals surface area contributed by atoms with Crippen LogP contribution in [0.5, 0.6) is 17.2 Å². The molecule has 2 rings (SSSR count). The Bertz CT molecular complexity index is 657. The van der Waals surface area contributed by atoms with E-state index >= 15 is 0 Å². The Labute approximate surface area is 156 Å². The minimum absolute atomic E-state index is 0.244. The van der Waals surface area contributed by atoms with Gasteiger partial charge < -0.3 is 19.3 Å². The van der Waals surface area contributed by atoms with Crippen molar-refractivity contribution in [3.63, 3.8) is 0 Å². The van der Waals surface area contributed by atoms with Crippen LogP contribution in [-0.2, 0) is 6.54 Å².